The third-order valence-corrected chi connectivity index (χ3v) is 3.76. The van der Waals surface area contributed by atoms with Gasteiger partial charge in [-0.15, -0.1) is 0 Å². The summed E-state index contributed by atoms with van der Waals surface area (Å²) >= 11 is 17.8. The topological polar surface area (TPSA) is 38.3 Å². The molecule has 0 saturated carbocycles. The molecule has 0 bridgehead atoms. The number of amides is 1. The first-order valence-corrected chi connectivity index (χ1v) is 7.72. The molecule has 2 rings (SSSR count). The lowest BCUT2D eigenvalue weighted by atomic mass is 10.1. The van der Waals surface area contributed by atoms with Crippen LogP contribution in [0.3, 0.4) is 0 Å². The molecule has 6 heteroatoms. The van der Waals surface area contributed by atoms with Gasteiger partial charge in [0.2, 0.25) is 0 Å². The number of carbonyl (C=O) groups excluding carboxylic acids is 1. The molecule has 1 amide bonds. The van der Waals surface area contributed by atoms with Gasteiger partial charge in [-0.25, -0.2) is 0 Å². The van der Waals surface area contributed by atoms with E-state index in [9.17, 15) is 4.79 Å². The highest BCUT2D eigenvalue weighted by Gasteiger charge is 2.11. The summed E-state index contributed by atoms with van der Waals surface area (Å²) < 4.78 is 5.39. The van der Waals surface area contributed by atoms with Crippen LogP contribution in [-0.2, 0) is 4.79 Å². The van der Waals surface area contributed by atoms with Crippen molar-refractivity contribution in [3.05, 3.63) is 63.1 Å². The fraction of sp³-hybridized carbons (Fsp3) is 0.188. The normalized spacial score (nSPS) is 11.8. The van der Waals surface area contributed by atoms with Gasteiger partial charge in [0.25, 0.3) is 5.91 Å². The number of hydrogen-bond donors (Lipinski definition) is 1. The Bertz CT molecular complexity index is 676. The minimum atomic E-state index is -0.261. The molecule has 0 radical (unpaired) electrons. The van der Waals surface area contributed by atoms with E-state index in [2.05, 4.69) is 5.32 Å². The first kappa shape index (κ1) is 16.9. The highest BCUT2D eigenvalue weighted by atomic mass is 35.5. The summed E-state index contributed by atoms with van der Waals surface area (Å²) in [6.45, 7) is 1.72. The summed E-state index contributed by atoms with van der Waals surface area (Å²) in [7, 11) is 0. The molecule has 2 aromatic carbocycles. The van der Waals surface area contributed by atoms with Crippen molar-refractivity contribution in [1.29, 1.82) is 0 Å². The van der Waals surface area contributed by atoms with Crippen LogP contribution in [0.15, 0.2) is 42.5 Å². The van der Waals surface area contributed by atoms with Crippen molar-refractivity contribution >= 4 is 40.7 Å². The van der Waals surface area contributed by atoms with Gasteiger partial charge in [0.05, 0.1) is 11.1 Å². The SMILES string of the molecule is C[C@H](NC(=O)COc1cc(Cl)ccc1Cl)c1cccc(Cl)c1. The summed E-state index contributed by atoms with van der Waals surface area (Å²) in [6.07, 6.45) is 0. The smallest absolute Gasteiger partial charge is 0.258 e. The Morgan fingerprint density at radius 3 is 2.59 bits per heavy atom. The van der Waals surface area contributed by atoms with E-state index < -0.39 is 0 Å². The second-order valence-corrected chi connectivity index (χ2v) is 5.99. The van der Waals surface area contributed by atoms with Gasteiger partial charge in [-0.2, -0.15) is 0 Å². The average Bonchev–Trinajstić information content (AvgIpc) is 2.48. The van der Waals surface area contributed by atoms with Gasteiger partial charge in [-0.05, 0) is 36.8 Å². The molecule has 1 N–H and O–H groups in total. The number of hydrogen-bond acceptors (Lipinski definition) is 2. The van der Waals surface area contributed by atoms with Crippen LogP contribution in [0.2, 0.25) is 15.1 Å². The van der Waals surface area contributed by atoms with Crippen molar-refractivity contribution in [1.82, 2.24) is 5.32 Å². The minimum absolute atomic E-state index is 0.148. The lowest BCUT2D eigenvalue weighted by molar-refractivity contribution is -0.123. The molecular formula is C16H14Cl3NO2. The molecule has 2 aromatic rings. The van der Waals surface area contributed by atoms with Crippen LogP contribution in [0.1, 0.15) is 18.5 Å². The molecule has 0 spiro atoms. The van der Waals surface area contributed by atoms with E-state index in [1.165, 1.54) is 0 Å². The van der Waals surface area contributed by atoms with Crippen LogP contribution in [0.25, 0.3) is 0 Å². The maximum atomic E-state index is 11.9. The summed E-state index contributed by atoms with van der Waals surface area (Å²) in [5.41, 5.74) is 0.918. The van der Waals surface area contributed by atoms with Gasteiger partial charge >= 0.3 is 0 Å². The molecule has 0 aliphatic rings. The second-order valence-electron chi connectivity index (χ2n) is 4.71. The Balaban J connectivity index is 1.91. The van der Waals surface area contributed by atoms with Crippen LogP contribution in [0.4, 0.5) is 0 Å². The Morgan fingerprint density at radius 1 is 1.14 bits per heavy atom. The van der Waals surface area contributed by atoms with E-state index in [0.717, 1.165) is 5.56 Å². The summed E-state index contributed by atoms with van der Waals surface area (Å²) in [5, 5.41) is 4.35. The molecule has 22 heavy (non-hydrogen) atoms. The minimum Gasteiger partial charge on any atom is -0.482 e. The maximum Gasteiger partial charge on any atom is 0.258 e. The van der Waals surface area contributed by atoms with E-state index in [4.69, 9.17) is 39.5 Å². The standard InChI is InChI=1S/C16H14Cl3NO2/c1-10(11-3-2-4-12(17)7-11)20-16(21)9-22-15-8-13(18)5-6-14(15)19/h2-8,10H,9H2,1H3,(H,20,21)/t10-/m0/s1. The Hall–Kier alpha value is -1.42. The number of ether oxygens (including phenoxy) is 1. The van der Waals surface area contributed by atoms with Crippen LogP contribution in [-0.4, -0.2) is 12.5 Å². The Labute approximate surface area is 144 Å². The summed E-state index contributed by atoms with van der Waals surface area (Å²) in [5.74, 6) is 0.114. The molecule has 3 nitrogen and oxygen atoms in total. The quantitative estimate of drug-likeness (QED) is 0.825. The highest BCUT2D eigenvalue weighted by molar-refractivity contribution is 6.34. The van der Waals surface area contributed by atoms with Gasteiger partial charge in [0.1, 0.15) is 5.75 Å². The summed E-state index contributed by atoms with van der Waals surface area (Å²) in [4.78, 5) is 11.9. The largest absolute Gasteiger partial charge is 0.482 e. The third kappa shape index (κ3) is 4.80. The van der Waals surface area contributed by atoms with E-state index in [-0.39, 0.29) is 18.6 Å². The number of halogens is 3. The molecular weight excluding hydrogens is 345 g/mol. The van der Waals surface area contributed by atoms with Crippen molar-refractivity contribution in [2.24, 2.45) is 0 Å². The lowest BCUT2D eigenvalue weighted by Crippen LogP contribution is -2.31. The van der Waals surface area contributed by atoms with Crippen molar-refractivity contribution < 1.29 is 9.53 Å². The van der Waals surface area contributed by atoms with Gasteiger partial charge in [0.15, 0.2) is 6.61 Å². The van der Waals surface area contributed by atoms with E-state index in [0.29, 0.717) is 20.8 Å². The van der Waals surface area contributed by atoms with Crippen molar-refractivity contribution in [3.63, 3.8) is 0 Å². The molecule has 0 aliphatic heterocycles. The zero-order valence-corrected chi connectivity index (χ0v) is 14.0. The van der Waals surface area contributed by atoms with Crippen LogP contribution in [0.5, 0.6) is 5.75 Å². The zero-order chi connectivity index (χ0) is 16.1. The first-order chi connectivity index (χ1) is 10.5. The van der Waals surface area contributed by atoms with Crippen molar-refractivity contribution in [2.45, 2.75) is 13.0 Å². The Morgan fingerprint density at radius 2 is 1.86 bits per heavy atom. The monoisotopic (exact) mass is 357 g/mol. The van der Waals surface area contributed by atoms with E-state index in [1.807, 2.05) is 19.1 Å². The van der Waals surface area contributed by atoms with Gasteiger partial charge < -0.3 is 10.1 Å². The molecule has 0 aromatic heterocycles. The number of nitrogens with one attached hydrogen (secondary N) is 1. The van der Waals surface area contributed by atoms with Crippen LogP contribution >= 0.6 is 34.8 Å². The fourth-order valence-electron chi connectivity index (χ4n) is 1.87. The molecule has 0 fully saturated rings. The molecule has 0 saturated heterocycles. The number of rotatable bonds is 5. The van der Waals surface area contributed by atoms with Crippen LogP contribution in [0, 0.1) is 0 Å². The Kier molecular flexibility index (Phi) is 5.95. The van der Waals surface area contributed by atoms with Crippen molar-refractivity contribution in [3.8, 4) is 5.75 Å². The molecule has 0 aliphatic carbocycles. The predicted octanol–water partition coefficient (Wildman–Crippen LogP) is 4.90. The van der Waals surface area contributed by atoms with Gasteiger partial charge in [-0.3, -0.25) is 4.79 Å². The van der Waals surface area contributed by atoms with Crippen LogP contribution < -0.4 is 10.1 Å². The molecule has 116 valence electrons. The fourth-order valence-corrected chi connectivity index (χ4v) is 2.41. The summed E-state index contributed by atoms with van der Waals surface area (Å²) in [6, 6.07) is 12.0. The van der Waals surface area contributed by atoms with Gasteiger partial charge in [0, 0.05) is 16.1 Å². The second kappa shape index (κ2) is 7.73. The predicted molar refractivity (Wildman–Crippen MR) is 90.0 cm³/mol. The third-order valence-electron chi connectivity index (χ3n) is 2.98. The highest BCUT2D eigenvalue weighted by Crippen LogP contribution is 2.27. The average molecular weight is 359 g/mol. The van der Waals surface area contributed by atoms with Crippen molar-refractivity contribution in [2.75, 3.05) is 6.61 Å². The molecule has 0 unspecified atom stereocenters. The van der Waals surface area contributed by atoms with E-state index >= 15 is 0 Å². The van der Waals surface area contributed by atoms with E-state index in [1.54, 1.807) is 30.3 Å². The molecule has 1 atom stereocenters. The molecule has 0 heterocycles. The first-order valence-electron chi connectivity index (χ1n) is 6.58. The van der Waals surface area contributed by atoms with Gasteiger partial charge in [-0.1, -0.05) is 46.9 Å². The lowest BCUT2D eigenvalue weighted by Gasteiger charge is -2.15. The zero-order valence-electron chi connectivity index (χ0n) is 11.8. The number of carbonyl (C=O) groups is 1. The maximum absolute atomic E-state index is 11.9. The number of benzene rings is 2.